The molecule has 1 heterocycles. The molecule has 1 aromatic carbocycles. The van der Waals surface area contributed by atoms with Gasteiger partial charge in [0.05, 0.1) is 16.8 Å². The van der Waals surface area contributed by atoms with E-state index in [0.29, 0.717) is 0 Å². The molecule has 0 aromatic heterocycles. The summed E-state index contributed by atoms with van der Waals surface area (Å²) in [6.45, 7) is 11.7. The van der Waals surface area contributed by atoms with Crippen molar-refractivity contribution in [3.63, 3.8) is 0 Å². The van der Waals surface area contributed by atoms with Crippen LogP contribution in [0.1, 0.15) is 32.4 Å². The lowest BCUT2D eigenvalue weighted by atomic mass is 10.1. The van der Waals surface area contributed by atoms with Crippen molar-refractivity contribution >= 4 is 17.3 Å². The Morgan fingerprint density at radius 1 is 1.15 bits per heavy atom. The Kier molecular flexibility index (Phi) is 5.30. The minimum absolute atomic E-state index is 0.468. The van der Waals surface area contributed by atoms with E-state index in [9.17, 15) is 5.11 Å². The number of hydrogen-bond donors (Lipinski definition) is 1. The number of aliphatic hydroxyl groups is 1. The van der Waals surface area contributed by atoms with Crippen molar-refractivity contribution in [2.45, 2.75) is 26.9 Å². The summed E-state index contributed by atoms with van der Waals surface area (Å²) >= 11 is 6.36. The van der Waals surface area contributed by atoms with Crippen LogP contribution >= 0.6 is 11.6 Å². The smallest absolute Gasteiger partial charge is 0.0762 e. The third kappa shape index (κ3) is 3.87. The van der Waals surface area contributed by atoms with Gasteiger partial charge in [0.15, 0.2) is 0 Å². The molecule has 1 N–H and O–H groups in total. The third-order valence-electron chi connectivity index (χ3n) is 3.79. The molecule has 1 atom stereocenters. The van der Waals surface area contributed by atoms with Crippen molar-refractivity contribution in [2.24, 2.45) is 5.92 Å². The van der Waals surface area contributed by atoms with Gasteiger partial charge in [-0.15, -0.1) is 0 Å². The van der Waals surface area contributed by atoms with Crippen LogP contribution in [-0.4, -0.2) is 42.7 Å². The highest BCUT2D eigenvalue weighted by Crippen LogP contribution is 2.29. The number of halogens is 1. The highest BCUT2D eigenvalue weighted by Gasteiger charge is 2.19. The van der Waals surface area contributed by atoms with Gasteiger partial charge >= 0.3 is 0 Å². The summed E-state index contributed by atoms with van der Waals surface area (Å²) in [4.78, 5) is 4.85. The topological polar surface area (TPSA) is 26.7 Å². The standard InChI is InChI=1S/C16H25ClN2O/c1-12(2)11-18-6-8-19(9-7-18)16-5-4-14(13(3)20)10-15(16)17/h4-5,10,12-13,20H,6-9,11H2,1-3H3/t13-/m0/s1. The van der Waals surface area contributed by atoms with E-state index < -0.39 is 6.10 Å². The highest BCUT2D eigenvalue weighted by molar-refractivity contribution is 6.33. The second-order valence-electron chi connectivity index (χ2n) is 6.07. The monoisotopic (exact) mass is 296 g/mol. The fourth-order valence-electron chi connectivity index (χ4n) is 2.73. The number of benzene rings is 1. The quantitative estimate of drug-likeness (QED) is 0.924. The van der Waals surface area contributed by atoms with Gasteiger partial charge in [-0.3, -0.25) is 4.90 Å². The fraction of sp³-hybridized carbons (Fsp3) is 0.625. The van der Waals surface area contributed by atoms with Crippen LogP contribution in [0.15, 0.2) is 18.2 Å². The highest BCUT2D eigenvalue weighted by atomic mass is 35.5. The molecule has 0 amide bonds. The third-order valence-corrected chi connectivity index (χ3v) is 4.09. The molecule has 0 bridgehead atoms. The van der Waals surface area contributed by atoms with Crippen LogP contribution < -0.4 is 4.90 Å². The SMILES string of the molecule is CC(C)CN1CCN(c2ccc([C@H](C)O)cc2Cl)CC1. The molecule has 1 fully saturated rings. The van der Waals surface area contributed by atoms with E-state index in [1.807, 2.05) is 18.2 Å². The molecular weight excluding hydrogens is 272 g/mol. The molecule has 1 aliphatic heterocycles. The zero-order valence-corrected chi connectivity index (χ0v) is 13.4. The van der Waals surface area contributed by atoms with Gasteiger partial charge in [-0.2, -0.15) is 0 Å². The van der Waals surface area contributed by atoms with Crippen molar-refractivity contribution < 1.29 is 5.11 Å². The summed E-state index contributed by atoms with van der Waals surface area (Å²) in [6.07, 6.45) is -0.468. The Balaban J connectivity index is 2.00. The maximum Gasteiger partial charge on any atom is 0.0762 e. The molecule has 0 unspecified atom stereocenters. The first-order valence-corrected chi connectivity index (χ1v) is 7.80. The van der Waals surface area contributed by atoms with Crippen molar-refractivity contribution in [1.82, 2.24) is 4.90 Å². The van der Waals surface area contributed by atoms with Gasteiger partial charge in [0, 0.05) is 32.7 Å². The van der Waals surface area contributed by atoms with Gasteiger partial charge in [0.2, 0.25) is 0 Å². The lowest BCUT2D eigenvalue weighted by Gasteiger charge is -2.37. The van der Waals surface area contributed by atoms with Gasteiger partial charge < -0.3 is 10.0 Å². The van der Waals surface area contributed by atoms with Gasteiger partial charge in [0.1, 0.15) is 0 Å². The summed E-state index contributed by atoms with van der Waals surface area (Å²) in [5, 5.41) is 10.3. The van der Waals surface area contributed by atoms with Crippen LogP contribution in [0.25, 0.3) is 0 Å². The molecular formula is C16H25ClN2O. The molecule has 0 saturated carbocycles. The predicted octanol–water partition coefficient (Wildman–Crippen LogP) is 3.17. The first-order valence-electron chi connectivity index (χ1n) is 7.42. The molecule has 20 heavy (non-hydrogen) atoms. The Morgan fingerprint density at radius 2 is 1.80 bits per heavy atom. The first kappa shape index (κ1) is 15.6. The van der Waals surface area contributed by atoms with Gasteiger partial charge in [-0.25, -0.2) is 0 Å². The number of nitrogens with zero attached hydrogens (tertiary/aromatic N) is 2. The molecule has 2 rings (SSSR count). The normalized spacial score (nSPS) is 18.6. The lowest BCUT2D eigenvalue weighted by molar-refractivity contribution is 0.199. The van der Waals surface area contributed by atoms with Crippen molar-refractivity contribution in [3.05, 3.63) is 28.8 Å². The van der Waals surface area contributed by atoms with E-state index in [1.165, 1.54) is 6.54 Å². The largest absolute Gasteiger partial charge is 0.389 e. The minimum Gasteiger partial charge on any atom is -0.389 e. The van der Waals surface area contributed by atoms with E-state index in [2.05, 4.69) is 23.6 Å². The number of piperazine rings is 1. The number of aliphatic hydroxyl groups excluding tert-OH is 1. The van der Waals surface area contributed by atoms with Crippen LogP contribution in [-0.2, 0) is 0 Å². The van der Waals surface area contributed by atoms with Gasteiger partial charge in [-0.1, -0.05) is 31.5 Å². The number of anilines is 1. The molecule has 112 valence electrons. The molecule has 1 saturated heterocycles. The Hall–Kier alpha value is -0.770. The van der Waals surface area contributed by atoms with Crippen LogP contribution in [0.3, 0.4) is 0 Å². The first-order chi connectivity index (χ1) is 9.47. The minimum atomic E-state index is -0.468. The van der Waals surface area contributed by atoms with Crippen LogP contribution in [0.4, 0.5) is 5.69 Å². The molecule has 4 heteroatoms. The van der Waals surface area contributed by atoms with Gasteiger partial charge in [-0.05, 0) is 30.5 Å². The average molecular weight is 297 g/mol. The summed E-state index contributed by atoms with van der Waals surface area (Å²) in [5.74, 6) is 0.718. The van der Waals surface area contributed by atoms with Crippen molar-refractivity contribution in [1.29, 1.82) is 0 Å². The predicted molar refractivity (Wildman–Crippen MR) is 85.6 cm³/mol. The van der Waals surface area contributed by atoms with Gasteiger partial charge in [0.25, 0.3) is 0 Å². The van der Waals surface area contributed by atoms with E-state index in [1.54, 1.807) is 6.92 Å². The second kappa shape index (κ2) is 6.79. The molecule has 1 aliphatic rings. The summed E-state index contributed by atoms with van der Waals surface area (Å²) in [5.41, 5.74) is 1.96. The number of hydrogen-bond acceptors (Lipinski definition) is 3. The summed E-state index contributed by atoms with van der Waals surface area (Å²) in [6, 6.07) is 5.87. The molecule has 0 aliphatic carbocycles. The number of rotatable bonds is 4. The van der Waals surface area contributed by atoms with E-state index in [0.717, 1.165) is 48.4 Å². The Bertz CT molecular complexity index is 440. The maximum absolute atomic E-state index is 9.59. The van der Waals surface area contributed by atoms with Crippen LogP contribution in [0.2, 0.25) is 5.02 Å². The average Bonchev–Trinajstić information content (AvgIpc) is 2.39. The second-order valence-corrected chi connectivity index (χ2v) is 6.48. The van der Waals surface area contributed by atoms with Crippen molar-refractivity contribution in [3.8, 4) is 0 Å². The van der Waals surface area contributed by atoms with E-state index in [-0.39, 0.29) is 0 Å². The van der Waals surface area contributed by atoms with E-state index >= 15 is 0 Å². The maximum atomic E-state index is 9.59. The molecule has 1 aromatic rings. The summed E-state index contributed by atoms with van der Waals surface area (Å²) in [7, 11) is 0. The molecule has 3 nitrogen and oxygen atoms in total. The van der Waals surface area contributed by atoms with Crippen LogP contribution in [0.5, 0.6) is 0 Å². The zero-order valence-electron chi connectivity index (χ0n) is 12.6. The zero-order chi connectivity index (χ0) is 14.7. The Morgan fingerprint density at radius 3 is 2.30 bits per heavy atom. The Labute approximate surface area is 127 Å². The fourth-order valence-corrected chi connectivity index (χ4v) is 3.04. The van der Waals surface area contributed by atoms with Crippen LogP contribution in [0, 0.1) is 5.92 Å². The van der Waals surface area contributed by atoms with Crippen molar-refractivity contribution in [2.75, 3.05) is 37.6 Å². The summed E-state index contributed by atoms with van der Waals surface area (Å²) < 4.78 is 0. The lowest BCUT2D eigenvalue weighted by Crippen LogP contribution is -2.47. The molecule has 0 radical (unpaired) electrons. The molecule has 0 spiro atoms. The van der Waals surface area contributed by atoms with E-state index in [4.69, 9.17) is 11.6 Å².